The molecule has 1 atom stereocenters. The maximum atomic E-state index is 11.9. The molecule has 1 aliphatic heterocycles. The van der Waals surface area contributed by atoms with Gasteiger partial charge in [-0.2, -0.15) is 0 Å². The van der Waals surface area contributed by atoms with Crippen molar-refractivity contribution in [2.75, 3.05) is 18.4 Å². The van der Waals surface area contributed by atoms with Gasteiger partial charge >= 0.3 is 12.0 Å². The molecule has 1 fully saturated rings. The van der Waals surface area contributed by atoms with Gasteiger partial charge in [-0.25, -0.2) is 4.79 Å². The maximum Gasteiger partial charge on any atom is 0.323 e. The second-order valence-corrected chi connectivity index (χ2v) is 5.36. The minimum absolute atomic E-state index is 0.249. The van der Waals surface area contributed by atoms with Crippen molar-refractivity contribution in [3.8, 4) is 0 Å². The number of rotatable bonds is 2. The van der Waals surface area contributed by atoms with Crippen LogP contribution in [-0.4, -0.2) is 45.3 Å². The van der Waals surface area contributed by atoms with E-state index >= 15 is 0 Å². The third-order valence-electron chi connectivity index (χ3n) is 2.80. The van der Waals surface area contributed by atoms with E-state index in [2.05, 4.69) is 15.5 Å². The number of urea groups is 1. The molecular formula is C10H14N4O3S. The molecule has 0 radical (unpaired) electrons. The van der Waals surface area contributed by atoms with Gasteiger partial charge in [-0.05, 0) is 19.8 Å². The van der Waals surface area contributed by atoms with Crippen LogP contribution >= 0.6 is 11.3 Å². The highest BCUT2D eigenvalue weighted by Gasteiger charge is 2.28. The van der Waals surface area contributed by atoms with Gasteiger partial charge in [0, 0.05) is 13.1 Å². The van der Waals surface area contributed by atoms with Crippen molar-refractivity contribution in [2.24, 2.45) is 5.92 Å². The highest BCUT2D eigenvalue weighted by Crippen LogP contribution is 2.19. The van der Waals surface area contributed by atoms with E-state index in [1.165, 1.54) is 16.2 Å². The fourth-order valence-corrected chi connectivity index (χ4v) is 2.46. The van der Waals surface area contributed by atoms with E-state index in [-0.39, 0.29) is 12.6 Å². The highest BCUT2D eigenvalue weighted by molar-refractivity contribution is 7.15. The van der Waals surface area contributed by atoms with Crippen LogP contribution < -0.4 is 5.32 Å². The number of aryl methyl sites for hydroxylation is 1. The van der Waals surface area contributed by atoms with Gasteiger partial charge in [0.05, 0.1) is 5.92 Å². The molecule has 0 saturated carbocycles. The summed E-state index contributed by atoms with van der Waals surface area (Å²) in [5.41, 5.74) is 0. The van der Waals surface area contributed by atoms with E-state index in [9.17, 15) is 9.59 Å². The molecule has 0 spiro atoms. The zero-order chi connectivity index (χ0) is 13.1. The predicted octanol–water partition coefficient (Wildman–Crippen LogP) is 1.18. The Morgan fingerprint density at radius 1 is 1.50 bits per heavy atom. The van der Waals surface area contributed by atoms with Crippen molar-refractivity contribution in [2.45, 2.75) is 19.8 Å². The molecule has 1 saturated heterocycles. The van der Waals surface area contributed by atoms with Crippen LogP contribution in [0.2, 0.25) is 0 Å². The van der Waals surface area contributed by atoms with Gasteiger partial charge in [-0.1, -0.05) is 11.3 Å². The fraction of sp³-hybridized carbons (Fsp3) is 0.600. The fourth-order valence-electron chi connectivity index (χ4n) is 1.88. The molecule has 98 valence electrons. The number of amides is 2. The average Bonchev–Trinajstić information content (AvgIpc) is 2.75. The molecule has 0 aromatic carbocycles. The van der Waals surface area contributed by atoms with E-state index in [4.69, 9.17) is 5.11 Å². The Bertz CT molecular complexity index is 462. The first-order valence-electron chi connectivity index (χ1n) is 5.65. The van der Waals surface area contributed by atoms with Gasteiger partial charge in [0.15, 0.2) is 0 Å². The molecule has 1 aromatic heterocycles. The summed E-state index contributed by atoms with van der Waals surface area (Å²) in [6.07, 6.45) is 1.33. The van der Waals surface area contributed by atoms with Gasteiger partial charge < -0.3 is 10.0 Å². The number of aromatic nitrogens is 2. The summed E-state index contributed by atoms with van der Waals surface area (Å²) in [6.45, 7) is 2.63. The zero-order valence-corrected chi connectivity index (χ0v) is 10.7. The number of carbonyl (C=O) groups is 2. The van der Waals surface area contributed by atoms with Gasteiger partial charge in [-0.3, -0.25) is 10.1 Å². The predicted molar refractivity (Wildman–Crippen MR) is 65.6 cm³/mol. The number of hydrogen-bond donors (Lipinski definition) is 2. The van der Waals surface area contributed by atoms with E-state index in [0.717, 1.165) is 5.01 Å². The van der Waals surface area contributed by atoms with Crippen LogP contribution in [-0.2, 0) is 4.79 Å². The van der Waals surface area contributed by atoms with E-state index in [0.29, 0.717) is 24.5 Å². The van der Waals surface area contributed by atoms with E-state index in [1.54, 1.807) is 6.92 Å². The molecule has 1 aliphatic rings. The average molecular weight is 270 g/mol. The molecule has 2 N–H and O–H groups in total. The number of nitrogens with one attached hydrogen (secondary N) is 1. The second-order valence-electron chi connectivity index (χ2n) is 4.18. The van der Waals surface area contributed by atoms with Crippen LogP contribution in [0.3, 0.4) is 0 Å². The summed E-state index contributed by atoms with van der Waals surface area (Å²) in [4.78, 5) is 24.3. The van der Waals surface area contributed by atoms with Crippen LogP contribution in [0.4, 0.5) is 9.93 Å². The summed E-state index contributed by atoms with van der Waals surface area (Å²) in [6, 6.07) is -0.308. The van der Waals surface area contributed by atoms with Gasteiger partial charge in [0.1, 0.15) is 5.01 Å². The number of piperidine rings is 1. The first kappa shape index (κ1) is 12.7. The lowest BCUT2D eigenvalue weighted by Crippen LogP contribution is -2.44. The third-order valence-corrected chi connectivity index (χ3v) is 3.55. The number of anilines is 1. The Morgan fingerprint density at radius 2 is 2.28 bits per heavy atom. The summed E-state index contributed by atoms with van der Waals surface area (Å²) in [5, 5.41) is 20.4. The van der Waals surface area contributed by atoms with Crippen LogP contribution in [0.15, 0.2) is 0 Å². The lowest BCUT2D eigenvalue weighted by Gasteiger charge is -2.30. The smallest absolute Gasteiger partial charge is 0.323 e. The Morgan fingerprint density at radius 3 is 2.89 bits per heavy atom. The van der Waals surface area contributed by atoms with Crippen molar-refractivity contribution >= 4 is 28.5 Å². The molecular weight excluding hydrogens is 256 g/mol. The third kappa shape index (κ3) is 2.95. The van der Waals surface area contributed by atoms with Crippen molar-refractivity contribution in [3.05, 3.63) is 5.01 Å². The summed E-state index contributed by atoms with van der Waals surface area (Å²) < 4.78 is 0. The minimum atomic E-state index is -0.848. The molecule has 0 unspecified atom stereocenters. The molecule has 2 amide bonds. The second kappa shape index (κ2) is 5.30. The first-order valence-corrected chi connectivity index (χ1v) is 6.47. The number of carboxylic acid groups (broad SMARTS) is 1. The molecule has 0 bridgehead atoms. The molecule has 18 heavy (non-hydrogen) atoms. The monoisotopic (exact) mass is 270 g/mol. The number of aliphatic carboxylic acids is 1. The molecule has 8 heteroatoms. The summed E-state index contributed by atoms with van der Waals surface area (Å²) in [7, 11) is 0. The Balaban J connectivity index is 1.94. The first-order chi connectivity index (χ1) is 8.56. The van der Waals surface area contributed by atoms with Gasteiger partial charge in [0.2, 0.25) is 5.13 Å². The van der Waals surface area contributed by atoms with E-state index in [1.807, 2.05) is 0 Å². The number of carbonyl (C=O) groups excluding carboxylic acids is 1. The van der Waals surface area contributed by atoms with Crippen molar-refractivity contribution in [1.29, 1.82) is 0 Å². The molecule has 2 heterocycles. The summed E-state index contributed by atoms with van der Waals surface area (Å²) >= 11 is 1.29. The van der Waals surface area contributed by atoms with Crippen molar-refractivity contribution in [3.63, 3.8) is 0 Å². The number of nitrogens with zero attached hydrogens (tertiary/aromatic N) is 3. The summed E-state index contributed by atoms with van der Waals surface area (Å²) in [5.74, 6) is -1.32. The van der Waals surface area contributed by atoms with Crippen molar-refractivity contribution < 1.29 is 14.7 Å². The Labute approximate surface area is 108 Å². The standard InChI is InChI=1S/C10H14N4O3S/c1-6-12-13-9(18-6)11-10(17)14-4-2-3-7(5-14)8(15)16/h7H,2-5H2,1H3,(H,15,16)(H,11,13,17)/t7-/m0/s1. The van der Waals surface area contributed by atoms with Crippen LogP contribution in [0, 0.1) is 12.8 Å². The molecule has 2 rings (SSSR count). The zero-order valence-electron chi connectivity index (χ0n) is 9.92. The molecule has 7 nitrogen and oxygen atoms in total. The van der Waals surface area contributed by atoms with Crippen LogP contribution in [0.25, 0.3) is 0 Å². The number of likely N-dealkylation sites (tertiary alicyclic amines) is 1. The van der Waals surface area contributed by atoms with Crippen molar-refractivity contribution in [1.82, 2.24) is 15.1 Å². The lowest BCUT2D eigenvalue weighted by atomic mass is 9.99. The topological polar surface area (TPSA) is 95.4 Å². The Hall–Kier alpha value is -1.70. The largest absolute Gasteiger partial charge is 0.481 e. The van der Waals surface area contributed by atoms with Crippen LogP contribution in [0.5, 0.6) is 0 Å². The number of hydrogen-bond acceptors (Lipinski definition) is 5. The quantitative estimate of drug-likeness (QED) is 0.841. The van der Waals surface area contributed by atoms with Gasteiger partial charge in [0.25, 0.3) is 0 Å². The maximum absolute atomic E-state index is 11.9. The normalized spacial score (nSPS) is 19.6. The Kier molecular flexibility index (Phi) is 3.75. The highest BCUT2D eigenvalue weighted by atomic mass is 32.1. The molecule has 1 aromatic rings. The SMILES string of the molecule is Cc1nnc(NC(=O)N2CCC[C@H](C(=O)O)C2)s1. The van der Waals surface area contributed by atoms with Gasteiger partial charge in [-0.15, -0.1) is 10.2 Å². The van der Waals surface area contributed by atoms with E-state index < -0.39 is 11.9 Å². The van der Waals surface area contributed by atoms with Crippen LogP contribution in [0.1, 0.15) is 17.8 Å². The number of carboxylic acids is 1. The minimum Gasteiger partial charge on any atom is -0.481 e. The lowest BCUT2D eigenvalue weighted by molar-refractivity contribution is -0.143. The molecule has 0 aliphatic carbocycles.